The lowest BCUT2D eigenvalue weighted by atomic mass is 10.1. The summed E-state index contributed by atoms with van der Waals surface area (Å²) >= 11 is 0. The number of benzene rings is 1. The van der Waals surface area contributed by atoms with Crippen LogP contribution < -0.4 is 5.32 Å². The van der Waals surface area contributed by atoms with Crippen molar-refractivity contribution in [2.24, 2.45) is 0 Å². The standard InChI is InChI=1S/C15H16FNO3/c1-3-20-15(19)13-10-12(7-8-14(13)16)6-4-5-9-17-11(2)18/h7-8,10H,3,5,9H2,1-2H3,(H,17,18). The number of rotatable bonds is 4. The van der Waals surface area contributed by atoms with Gasteiger partial charge in [0, 0.05) is 25.5 Å². The van der Waals surface area contributed by atoms with Crippen molar-refractivity contribution >= 4 is 11.9 Å². The molecule has 1 aromatic rings. The molecule has 0 saturated carbocycles. The molecule has 0 unspecified atom stereocenters. The summed E-state index contributed by atoms with van der Waals surface area (Å²) in [5, 5.41) is 2.61. The van der Waals surface area contributed by atoms with Gasteiger partial charge in [-0.15, -0.1) is 0 Å². The Morgan fingerprint density at radius 2 is 2.15 bits per heavy atom. The summed E-state index contributed by atoms with van der Waals surface area (Å²) in [7, 11) is 0. The topological polar surface area (TPSA) is 55.4 Å². The van der Waals surface area contributed by atoms with E-state index >= 15 is 0 Å². The number of carbonyl (C=O) groups is 2. The predicted molar refractivity (Wildman–Crippen MR) is 72.5 cm³/mol. The Kier molecular flexibility index (Phi) is 6.24. The van der Waals surface area contributed by atoms with Crippen molar-refractivity contribution in [3.63, 3.8) is 0 Å². The second kappa shape index (κ2) is 7.95. The number of carbonyl (C=O) groups excluding carboxylic acids is 2. The van der Waals surface area contributed by atoms with E-state index in [9.17, 15) is 14.0 Å². The third-order valence-electron chi connectivity index (χ3n) is 2.32. The maximum absolute atomic E-state index is 13.5. The van der Waals surface area contributed by atoms with Crippen LogP contribution in [0.3, 0.4) is 0 Å². The highest BCUT2D eigenvalue weighted by Crippen LogP contribution is 2.11. The van der Waals surface area contributed by atoms with Crippen molar-refractivity contribution in [2.75, 3.05) is 13.2 Å². The van der Waals surface area contributed by atoms with Gasteiger partial charge in [0.15, 0.2) is 0 Å². The normalized spacial score (nSPS) is 9.35. The summed E-state index contributed by atoms with van der Waals surface area (Å²) in [6.45, 7) is 3.72. The molecule has 0 aliphatic heterocycles. The van der Waals surface area contributed by atoms with E-state index in [0.29, 0.717) is 18.5 Å². The van der Waals surface area contributed by atoms with Crippen LogP contribution in [0.4, 0.5) is 4.39 Å². The number of amides is 1. The molecule has 1 amide bonds. The van der Waals surface area contributed by atoms with E-state index in [4.69, 9.17) is 4.74 Å². The fourth-order valence-corrected chi connectivity index (χ4v) is 1.43. The number of ether oxygens (including phenoxy) is 1. The van der Waals surface area contributed by atoms with Gasteiger partial charge >= 0.3 is 5.97 Å². The van der Waals surface area contributed by atoms with Crippen LogP contribution in [0.5, 0.6) is 0 Å². The molecule has 0 atom stereocenters. The van der Waals surface area contributed by atoms with E-state index < -0.39 is 11.8 Å². The minimum Gasteiger partial charge on any atom is -0.462 e. The number of hydrogen-bond donors (Lipinski definition) is 1. The van der Waals surface area contributed by atoms with Crippen LogP contribution in [0.1, 0.15) is 36.2 Å². The Morgan fingerprint density at radius 1 is 1.40 bits per heavy atom. The van der Waals surface area contributed by atoms with E-state index in [0.717, 1.165) is 0 Å². The highest BCUT2D eigenvalue weighted by atomic mass is 19.1. The fourth-order valence-electron chi connectivity index (χ4n) is 1.43. The van der Waals surface area contributed by atoms with Crippen molar-refractivity contribution < 1.29 is 18.7 Å². The van der Waals surface area contributed by atoms with Crippen LogP contribution in [0.2, 0.25) is 0 Å². The first-order valence-corrected chi connectivity index (χ1v) is 6.24. The predicted octanol–water partition coefficient (Wildman–Crippen LogP) is 1.88. The van der Waals surface area contributed by atoms with E-state index in [1.807, 2.05) is 0 Å². The Morgan fingerprint density at radius 3 is 2.80 bits per heavy atom. The number of nitrogens with one attached hydrogen (secondary N) is 1. The molecule has 0 fully saturated rings. The van der Waals surface area contributed by atoms with Gasteiger partial charge < -0.3 is 10.1 Å². The largest absolute Gasteiger partial charge is 0.462 e. The third kappa shape index (κ3) is 5.11. The molecule has 20 heavy (non-hydrogen) atoms. The van der Waals surface area contributed by atoms with E-state index in [2.05, 4.69) is 17.2 Å². The molecule has 106 valence electrons. The van der Waals surface area contributed by atoms with Crippen molar-refractivity contribution in [3.05, 3.63) is 35.1 Å². The molecule has 0 aliphatic rings. The number of hydrogen-bond acceptors (Lipinski definition) is 3. The molecule has 4 nitrogen and oxygen atoms in total. The molecule has 0 spiro atoms. The third-order valence-corrected chi connectivity index (χ3v) is 2.32. The lowest BCUT2D eigenvalue weighted by molar-refractivity contribution is -0.118. The summed E-state index contributed by atoms with van der Waals surface area (Å²) in [6, 6.07) is 4.03. The molecule has 5 heteroatoms. The number of esters is 1. The van der Waals surface area contributed by atoms with Crippen LogP contribution >= 0.6 is 0 Å². The molecule has 0 aliphatic carbocycles. The van der Waals surface area contributed by atoms with Gasteiger partial charge in [0.1, 0.15) is 5.82 Å². The van der Waals surface area contributed by atoms with Crippen molar-refractivity contribution in [3.8, 4) is 11.8 Å². The fraction of sp³-hybridized carbons (Fsp3) is 0.333. The molecule has 0 radical (unpaired) electrons. The zero-order valence-electron chi connectivity index (χ0n) is 11.5. The highest BCUT2D eigenvalue weighted by molar-refractivity contribution is 5.90. The summed E-state index contributed by atoms with van der Waals surface area (Å²) in [5.41, 5.74) is 0.401. The van der Waals surface area contributed by atoms with Gasteiger partial charge in [0.2, 0.25) is 5.91 Å². The molecule has 1 N–H and O–H groups in total. The quantitative estimate of drug-likeness (QED) is 0.519. The van der Waals surface area contributed by atoms with Crippen LogP contribution in [-0.4, -0.2) is 25.0 Å². The Balaban J connectivity index is 2.72. The zero-order valence-corrected chi connectivity index (χ0v) is 11.5. The first kappa shape index (κ1) is 15.7. The molecule has 0 bridgehead atoms. The molecular formula is C15H16FNO3. The molecular weight excluding hydrogens is 261 g/mol. The maximum Gasteiger partial charge on any atom is 0.341 e. The van der Waals surface area contributed by atoms with Gasteiger partial charge in [-0.1, -0.05) is 11.8 Å². The van der Waals surface area contributed by atoms with Crippen molar-refractivity contribution in [1.29, 1.82) is 0 Å². The van der Waals surface area contributed by atoms with Crippen LogP contribution in [0.15, 0.2) is 18.2 Å². The van der Waals surface area contributed by atoms with Gasteiger partial charge in [0.25, 0.3) is 0 Å². The van der Waals surface area contributed by atoms with Gasteiger partial charge in [-0.3, -0.25) is 4.79 Å². The lowest BCUT2D eigenvalue weighted by Crippen LogP contribution is -2.20. The first-order chi connectivity index (χ1) is 9.54. The summed E-state index contributed by atoms with van der Waals surface area (Å²) in [5.74, 6) is 4.20. The molecule has 1 aromatic carbocycles. The molecule has 0 saturated heterocycles. The number of halogens is 1. The SMILES string of the molecule is CCOC(=O)c1cc(C#CCCNC(C)=O)ccc1F. The van der Waals surface area contributed by atoms with E-state index in [-0.39, 0.29) is 18.1 Å². The molecule has 1 rings (SSSR count). The molecule has 0 aromatic heterocycles. The van der Waals surface area contributed by atoms with Gasteiger partial charge in [-0.25, -0.2) is 9.18 Å². The smallest absolute Gasteiger partial charge is 0.341 e. The van der Waals surface area contributed by atoms with E-state index in [1.54, 1.807) is 6.92 Å². The average Bonchev–Trinajstić information content (AvgIpc) is 2.40. The van der Waals surface area contributed by atoms with Crippen LogP contribution in [0.25, 0.3) is 0 Å². The Hall–Kier alpha value is -2.35. The van der Waals surface area contributed by atoms with Gasteiger partial charge in [-0.05, 0) is 25.1 Å². The first-order valence-electron chi connectivity index (χ1n) is 6.24. The zero-order chi connectivity index (χ0) is 15.0. The summed E-state index contributed by atoms with van der Waals surface area (Å²) in [4.78, 5) is 22.2. The second-order valence-corrected chi connectivity index (χ2v) is 3.95. The maximum atomic E-state index is 13.5. The minimum atomic E-state index is -0.702. The Bertz CT molecular complexity index is 558. The minimum absolute atomic E-state index is 0.113. The highest BCUT2D eigenvalue weighted by Gasteiger charge is 2.12. The van der Waals surface area contributed by atoms with E-state index in [1.165, 1.54) is 25.1 Å². The van der Waals surface area contributed by atoms with Crippen molar-refractivity contribution in [2.45, 2.75) is 20.3 Å². The van der Waals surface area contributed by atoms with Gasteiger partial charge in [0.05, 0.1) is 12.2 Å². The Labute approximate surface area is 117 Å². The second-order valence-electron chi connectivity index (χ2n) is 3.95. The summed E-state index contributed by atoms with van der Waals surface area (Å²) in [6.07, 6.45) is 0.478. The van der Waals surface area contributed by atoms with Gasteiger partial charge in [-0.2, -0.15) is 0 Å². The molecule has 0 heterocycles. The monoisotopic (exact) mass is 277 g/mol. The lowest BCUT2D eigenvalue weighted by Gasteiger charge is -2.03. The van der Waals surface area contributed by atoms with Crippen molar-refractivity contribution in [1.82, 2.24) is 5.32 Å². The van der Waals surface area contributed by atoms with Crippen LogP contribution in [0, 0.1) is 17.7 Å². The van der Waals surface area contributed by atoms with Crippen LogP contribution in [-0.2, 0) is 9.53 Å². The average molecular weight is 277 g/mol. The summed E-state index contributed by atoms with van der Waals surface area (Å²) < 4.78 is 18.2.